The molecule has 1 aliphatic rings. The van der Waals surface area contributed by atoms with Crippen molar-refractivity contribution in [3.05, 3.63) is 0 Å². The van der Waals surface area contributed by atoms with Crippen LogP contribution in [0.3, 0.4) is 0 Å². The predicted molar refractivity (Wildman–Crippen MR) is 46.4 cm³/mol. The van der Waals surface area contributed by atoms with Gasteiger partial charge in [-0.15, -0.1) is 0 Å². The van der Waals surface area contributed by atoms with E-state index in [4.69, 9.17) is 0 Å². The van der Waals surface area contributed by atoms with Crippen LogP contribution in [-0.4, -0.2) is 22.2 Å². The number of aliphatic hydroxyl groups is 1. The van der Waals surface area contributed by atoms with Gasteiger partial charge in [-0.25, -0.2) is 0 Å². The standard InChI is InChI=1S/C8H16OS/c1-2-10-8-5-3-7(9)4-6-8/h7-9H,2-6H2,1H3. The van der Waals surface area contributed by atoms with Crippen molar-refractivity contribution < 1.29 is 5.11 Å². The molecule has 0 spiro atoms. The summed E-state index contributed by atoms with van der Waals surface area (Å²) in [5, 5.41) is 10.0. The molecule has 0 atom stereocenters. The summed E-state index contributed by atoms with van der Waals surface area (Å²) >= 11 is 2.04. The van der Waals surface area contributed by atoms with Gasteiger partial charge in [0, 0.05) is 5.25 Å². The zero-order valence-corrected chi connectivity index (χ0v) is 7.36. The first-order valence-electron chi connectivity index (χ1n) is 4.12. The normalized spacial score (nSPS) is 34.2. The van der Waals surface area contributed by atoms with E-state index in [1.165, 1.54) is 18.6 Å². The highest BCUT2D eigenvalue weighted by Gasteiger charge is 2.18. The molecule has 0 aromatic heterocycles. The van der Waals surface area contributed by atoms with Gasteiger partial charge in [-0.2, -0.15) is 11.8 Å². The summed E-state index contributed by atoms with van der Waals surface area (Å²) in [7, 11) is 0. The van der Waals surface area contributed by atoms with Gasteiger partial charge in [-0.3, -0.25) is 0 Å². The van der Waals surface area contributed by atoms with Crippen molar-refractivity contribution >= 4 is 11.8 Å². The van der Waals surface area contributed by atoms with E-state index in [2.05, 4.69) is 6.92 Å². The largest absolute Gasteiger partial charge is 0.393 e. The fourth-order valence-corrected chi connectivity index (χ4v) is 2.52. The number of rotatable bonds is 2. The summed E-state index contributed by atoms with van der Waals surface area (Å²) in [6.45, 7) is 2.20. The van der Waals surface area contributed by atoms with E-state index in [0.29, 0.717) is 0 Å². The molecule has 0 amide bonds. The average Bonchev–Trinajstić information content (AvgIpc) is 1.95. The quantitative estimate of drug-likeness (QED) is 0.667. The third-order valence-electron chi connectivity index (χ3n) is 2.05. The van der Waals surface area contributed by atoms with Crippen LogP contribution >= 0.6 is 11.8 Å². The minimum Gasteiger partial charge on any atom is -0.393 e. The highest BCUT2D eigenvalue weighted by molar-refractivity contribution is 7.99. The van der Waals surface area contributed by atoms with Crippen molar-refractivity contribution in [1.29, 1.82) is 0 Å². The second kappa shape index (κ2) is 4.24. The van der Waals surface area contributed by atoms with Gasteiger partial charge in [0.25, 0.3) is 0 Å². The Labute approximate surface area is 67.2 Å². The van der Waals surface area contributed by atoms with E-state index in [0.717, 1.165) is 18.1 Å². The van der Waals surface area contributed by atoms with Gasteiger partial charge >= 0.3 is 0 Å². The highest BCUT2D eigenvalue weighted by atomic mass is 32.2. The van der Waals surface area contributed by atoms with Crippen molar-refractivity contribution in [2.24, 2.45) is 0 Å². The Morgan fingerprint density at radius 3 is 2.40 bits per heavy atom. The summed E-state index contributed by atoms with van der Waals surface area (Å²) in [6.07, 6.45) is 4.50. The topological polar surface area (TPSA) is 20.2 Å². The molecule has 10 heavy (non-hydrogen) atoms. The zero-order chi connectivity index (χ0) is 7.40. The van der Waals surface area contributed by atoms with Gasteiger partial charge in [-0.05, 0) is 31.4 Å². The molecule has 1 saturated carbocycles. The minimum absolute atomic E-state index is 0.00806. The van der Waals surface area contributed by atoms with Crippen LogP contribution < -0.4 is 0 Å². The van der Waals surface area contributed by atoms with Gasteiger partial charge in [0.05, 0.1) is 6.10 Å². The maximum Gasteiger partial charge on any atom is 0.0541 e. The van der Waals surface area contributed by atoms with Crippen LogP contribution in [0.15, 0.2) is 0 Å². The molecule has 0 radical (unpaired) electrons. The first-order chi connectivity index (χ1) is 4.83. The van der Waals surface area contributed by atoms with Crippen LogP contribution in [0.4, 0.5) is 0 Å². The lowest BCUT2D eigenvalue weighted by Gasteiger charge is -2.24. The van der Waals surface area contributed by atoms with E-state index in [-0.39, 0.29) is 6.10 Å². The number of hydrogen-bond donors (Lipinski definition) is 1. The molecule has 2 heteroatoms. The summed E-state index contributed by atoms with van der Waals surface area (Å²) in [5.41, 5.74) is 0. The maximum atomic E-state index is 9.19. The van der Waals surface area contributed by atoms with E-state index < -0.39 is 0 Å². The van der Waals surface area contributed by atoms with Crippen molar-refractivity contribution in [2.45, 2.75) is 44.0 Å². The third-order valence-corrected chi connectivity index (χ3v) is 3.32. The summed E-state index contributed by atoms with van der Waals surface area (Å²) in [4.78, 5) is 0. The van der Waals surface area contributed by atoms with Crippen molar-refractivity contribution in [3.8, 4) is 0 Å². The molecule has 60 valence electrons. The van der Waals surface area contributed by atoms with Gasteiger partial charge in [-0.1, -0.05) is 6.92 Å². The first kappa shape index (κ1) is 8.41. The van der Waals surface area contributed by atoms with Gasteiger partial charge in [0.1, 0.15) is 0 Å². The monoisotopic (exact) mass is 160 g/mol. The highest BCUT2D eigenvalue weighted by Crippen LogP contribution is 2.27. The lowest BCUT2D eigenvalue weighted by atomic mass is 9.97. The minimum atomic E-state index is 0.00806. The van der Waals surface area contributed by atoms with Crippen molar-refractivity contribution in [1.82, 2.24) is 0 Å². The SMILES string of the molecule is CCSC1CCC(O)CC1. The molecule has 0 aromatic carbocycles. The van der Waals surface area contributed by atoms with Crippen molar-refractivity contribution in [3.63, 3.8) is 0 Å². The smallest absolute Gasteiger partial charge is 0.0541 e. The summed E-state index contributed by atoms with van der Waals surface area (Å²) in [6, 6.07) is 0. The maximum absolute atomic E-state index is 9.19. The predicted octanol–water partition coefficient (Wildman–Crippen LogP) is 2.04. The summed E-state index contributed by atoms with van der Waals surface area (Å²) in [5.74, 6) is 1.22. The molecule has 1 N–H and O–H groups in total. The van der Waals surface area contributed by atoms with Crippen LogP contribution in [0.2, 0.25) is 0 Å². The van der Waals surface area contributed by atoms with Gasteiger partial charge in [0.15, 0.2) is 0 Å². The molecule has 0 aromatic rings. The Morgan fingerprint density at radius 2 is 1.90 bits per heavy atom. The Kier molecular flexibility index (Phi) is 3.57. The number of aliphatic hydroxyl groups excluding tert-OH is 1. The van der Waals surface area contributed by atoms with E-state index in [1.807, 2.05) is 11.8 Å². The van der Waals surface area contributed by atoms with Crippen LogP contribution in [0.25, 0.3) is 0 Å². The van der Waals surface area contributed by atoms with Crippen LogP contribution in [0.1, 0.15) is 32.6 Å². The first-order valence-corrected chi connectivity index (χ1v) is 5.17. The van der Waals surface area contributed by atoms with Crippen LogP contribution in [0, 0.1) is 0 Å². The lowest BCUT2D eigenvalue weighted by molar-refractivity contribution is 0.132. The molecule has 0 saturated heterocycles. The Hall–Kier alpha value is 0.310. The number of thioether (sulfide) groups is 1. The molecule has 1 fully saturated rings. The fraction of sp³-hybridized carbons (Fsp3) is 1.00. The molecular weight excluding hydrogens is 144 g/mol. The zero-order valence-electron chi connectivity index (χ0n) is 6.55. The molecule has 0 aliphatic heterocycles. The van der Waals surface area contributed by atoms with E-state index in [1.54, 1.807) is 0 Å². The van der Waals surface area contributed by atoms with Gasteiger partial charge in [0.2, 0.25) is 0 Å². The van der Waals surface area contributed by atoms with Crippen LogP contribution in [0.5, 0.6) is 0 Å². The Morgan fingerprint density at radius 1 is 1.30 bits per heavy atom. The van der Waals surface area contributed by atoms with Crippen molar-refractivity contribution in [2.75, 3.05) is 5.75 Å². The Bertz CT molecular complexity index is 87.3. The third kappa shape index (κ3) is 2.51. The molecule has 0 heterocycles. The molecule has 0 unspecified atom stereocenters. The fourth-order valence-electron chi connectivity index (χ4n) is 1.45. The average molecular weight is 160 g/mol. The van der Waals surface area contributed by atoms with E-state index >= 15 is 0 Å². The van der Waals surface area contributed by atoms with Crippen LogP contribution in [-0.2, 0) is 0 Å². The Balaban J connectivity index is 2.13. The molecule has 1 aliphatic carbocycles. The molecule has 1 rings (SSSR count). The molecule has 0 bridgehead atoms. The second-order valence-electron chi connectivity index (χ2n) is 2.89. The summed E-state index contributed by atoms with van der Waals surface area (Å²) < 4.78 is 0. The molecule has 1 nitrogen and oxygen atoms in total. The van der Waals surface area contributed by atoms with Gasteiger partial charge < -0.3 is 5.11 Å². The second-order valence-corrected chi connectivity index (χ2v) is 4.46. The molecular formula is C8H16OS. The number of hydrogen-bond acceptors (Lipinski definition) is 2. The van der Waals surface area contributed by atoms with E-state index in [9.17, 15) is 5.11 Å². The lowest BCUT2D eigenvalue weighted by Crippen LogP contribution is -2.19.